The van der Waals surface area contributed by atoms with E-state index in [0.717, 1.165) is 6.07 Å². The van der Waals surface area contributed by atoms with Crippen molar-refractivity contribution in [1.29, 1.82) is 0 Å². The van der Waals surface area contributed by atoms with Crippen molar-refractivity contribution in [2.24, 2.45) is 0 Å². The number of hydrogen-bond acceptors (Lipinski definition) is 4. The standard InChI is InChI=1S/C7H7NO4/c9-6-2-1-5(3-7(6)10)4-8(11)12/h1-3,9-10H,4H2. The number of aromatic hydroxyl groups is 2. The number of phenols is 2. The van der Waals surface area contributed by atoms with Gasteiger partial charge in [0.05, 0.1) is 0 Å². The summed E-state index contributed by atoms with van der Waals surface area (Å²) in [5, 5.41) is 27.8. The Morgan fingerprint density at radius 1 is 1.33 bits per heavy atom. The molecule has 0 saturated heterocycles. The summed E-state index contributed by atoms with van der Waals surface area (Å²) in [6, 6.07) is 3.77. The van der Waals surface area contributed by atoms with Crippen molar-refractivity contribution in [3.8, 4) is 11.5 Å². The van der Waals surface area contributed by atoms with Gasteiger partial charge in [-0.05, 0) is 18.2 Å². The summed E-state index contributed by atoms with van der Waals surface area (Å²) in [6.45, 7) is -0.353. The Labute approximate surface area is 68.0 Å². The van der Waals surface area contributed by atoms with E-state index in [-0.39, 0.29) is 18.0 Å². The van der Waals surface area contributed by atoms with Gasteiger partial charge in [-0.2, -0.15) is 0 Å². The summed E-state index contributed by atoms with van der Waals surface area (Å²) < 4.78 is 0. The average molecular weight is 169 g/mol. The highest BCUT2D eigenvalue weighted by Gasteiger charge is 2.04. The van der Waals surface area contributed by atoms with Gasteiger partial charge in [-0.15, -0.1) is 0 Å². The second kappa shape index (κ2) is 3.08. The molecular weight excluding hydrogens is 162 g/mol. The summed E-state index contributed by atoms with van der Waals surface area (Å²) in [4.78, 5) is 9.52. The highest BCUT2D eigenvalue weighted by atomic mass is 16.6. The Hall–Kier alpha value is -1.78. The van der Waals surface area contributed by atoms with Crippen molar-refractivity contribution >= 4 is 0 Å². The van der Waals surface area contributed by atoms with Crippen molar-refractivity contribution < 1.29 is 15.1 Å². The molecule has 0 heterocycles. The second-order valence-electron chi connectivity index (χ2n) is 2.31. The van der Waals surface area contributed by atoms with Crippen LogP contribution in [0.25, 0.3) is 0 Å². The predicted molar refractivity (Wildman–Crippen MR) is 40.5 cm³/mol. The SMILES string of the molecule is O=[N+]([O-])Cc1ccc(O)c(O)c1. The summed E-state index contributed by atoms with van der Waals surface area (Å²) >= 11 is 0. The van der Waals surface area contributed by atoms with Gasteiger partial charge >= 0.3 is 0 Å². The molecule has 12 heavy (non-hydrogen) atoms. The van der Waals surface area contributed by atoms with Crippen molar-refractivity contribution in [3.05, 3.63) is 33.9 Å². The van der Waals surface area contributed by atoms with E-state index in [1.807, 2.05) is 0 Å². The zero-order valence-corrected chi connectivity index (χ0v) is 6.10. The van der Waals surface area contributed by atoms with Crippen LogP contribution in [0.5, 0.6) is 11.5 Å². The van der Waals surface area contributed by atoms with Crippen LogP contribution in [-0.4, -0.2) is 15.1 Å². The molecule has 1 aromatic rings. The molecule has 0 unspecified atom stereocenters. The van der Waals surface area contributed by atoms with Crippen LogP contribution in [0.15, 0.2) is 18.2 Å². The maximum atomic E-state index is 10.0. The van der Waals surface area contributed by atoms with Crippen LogP contribution >= 0.6 is 0 Å². The van der Waals surface area contributed by atoms with Gasteiger partial charge in [0.2, 0.25) is 6.54 Å². The first-order chi connectivity index (χ1) is 5.59. The van der Waals surface area contributed by atoms with Gasteiger partial charge < -0.3 is 10.2 Å². The lowest BCUT2D eigenvalue weighted by molar-refractivity contribution is -0.496. The number of phenolic OH excluding ortho intramolecular Hbond substituents is 2. The van der Waals surface area contributed by atoms with Crippen LogP contribution in [0.3, 0.4) is 0 Å². The topological polar surface area (TPSA) is 83.6 Å². The van der Waals surface area contributed by atoms with Crippen LogP contribution in [0.1, 0.15) is 5.56 Å². The molecule has 5 nitrogen and oxygen atoms in total. The molecule has 0 aliphatic heterocycles. The van der Waals surface area contributed by atoms with E-state index in [0.29, 0.717) is 5.56 Å². The Bertz CT molecular complexity index is 310. The third-order valence-corrected chi connectivity index (χ3v) is 1.35. The minimum Gasteiger partial charge on any atom is -0.504 e. The van der Waals surface area contributed by atoms with E-state index in [4.69, 9.17) is 10.2 Å². The fourth-order valence-electron chi connectivity index (χ4n) is 0.816. The quantitative estimate of drug-likeness (QED) is 0.391. The van der Waals surface area contributed by atoms with Gasteiger partial charge in [0, 0.05) is 10.5 Å². The fraction of sp³-hybridized carbons (Fsp3) is 0.143. The summed E-state index contributed by atoms with van der Waals surface area (Å²) in [7, 11) is 0. The zero-order valence-electron chi connectivity index (χ0n) is 6.10. The average Bonchev–Trinajstić information content (AvgIpc) is 1.96. The first kappa shape index (κ1) is 8.32. The van der Waals surface area contributed by atoms with Crippen LogP contribution in [-0.2, 0) is 6.54 Å². The molecule has 0 aromatic heterocycles. The molecule has 0 amide bonds. The fourth-order valence-corrected chi connectivity index (χ4v) is 0.816. The molecule has 1 aromatic carbocycles. The smallest absolute Gasteiger partial charge is 0.229 e. The molecule has 1 rings (SSSR count). The van der Waals surface area contributed by atoms with E-state index in [9.17, 15) is 10.1 Å². The molecule has 5 heteroatoms. The van der Waals surface area contributed by atoms with E-state index in [1.165, 1.54) is 12.1 Å². The number of nitrogens with zero attached hydrogens (tertiary/aromatic N) is 1. The monoisotopic (exact) mass is 169 g/mol. The van der Waals surface area contributed by atoms with Gasteiger partial charge in [-0.1, -0.05) is 0 Å². The van der Waals surface area contributed by atoms with Gasteiger partial charge in [0.15, 0.2) is 11.5 Å². The third-order valence-electron chi connectivity index (χ3n) is 1.35. The number of rotatable bonds is 2. The zero-order chi connectivity index (χ0) is 9.14. The largest absolute Gasteiger partial charge is 0.504 e. The van der Waals surface area contributed by atoms with Crippen molar-refractivity contribution in [1.82, 2.24) is 0 Å². The molecule has 0 aliphatic rings. The normalized spacial score (nSPS) is 9.67. The van der Waals surface area contributed by atoms with Crippen molar-refractivity contribution in [3.63, 3.8) is 0 Å². The van der Waals surface area contributed by atoms with Gasteiger partial charge in [0.1, 0.15) is 0 Å². The maximum Gasteiger partial charge on any atom is 0.229 e. The number of hydrogen-bond donors (Lipinski definition) is 2. The van der Waals surface area contributed by atoms with Crippen LogP contribution in [0.4, 0.5) is 0 Å². The van der Waals surface area contributed by atoms with Gasteiger partial charge in [-0.25, -0.2) is 0 Å². The lowest BCUT2D eigenvalue weighted by Gasteiger charge is -1.98. The van der Waals surface area contributed by atoms with Crippen molar-refractivity contribution in [2.45, 2.75) is 6.54 Å². The lowest BCUT2D eigenvalue weighted by atomic mass is 10.2. The third kappa shape index (κ3) is 1.85. The molecule has 0 atom stereocenters. The Morgan fingerprint density at radius 3 is 2.50 bits per heavy atom. The molecule has 0 saturated carbocycles. The minimum atomic E-state index is -0.508. The molecule has 0 fully saturated rings. The first-order valence-electron chi connectivity index (χ1n) is 3.22. The Balaban J connectivity index is 2.89. The van der Waals surface area contributed by atoms with E-state index in [1.54, 1.807) is 0 Å². The number of nitro groups is 1. The first-order valence-corrected chi connectivity index (χ1v) is 3.22. The maximum absolute atomic E-state index is 10.0. The van der Waals surface area contributed by atoms with E-state index >= 15 is 0 Å². The van der Waals surface area contributed by atoms with Gasteiger partial charge in [-0.3, -0.25) is 10.1 Å². The van der Waals surface area contributed by atoms with Crippen LogP contribution in [0.2, 0.25) is 0 Å². The van der Waals surface area contributed by atoms with E-state index in [2.05, 4.69) is 0 Å². The van der Waals surface area contributed by atoms with Crippen LogP contribution in [0, 0.1) is 10.1 Å². The molecule has 0 aliphatic carbocycles. The molecular formula is C7H7NO4. The van der Waals surface area contributed by atoms with E-state index < -0.39 is 4.92 Å². The molecule has 0 spiro atoms. The predicted octanol–water partition coefficient (Wildman–Crippen LogP) is 0.874. The Kier molecular flexibility index (Phi) is 2.14. The van der Waals surface area contributed by atoms with Crippen molar-refractivity contribution in [2.75, 3.05) is 0 Å². The molecule has 0 bridgehead atoms. The lowest BCUT2D eigenvalue weighted by Crippen LogP contribution is -1.97. The number of benzene rings is 1. The summed E-state index contributed by atoms with van der Waals surface area (Å²) in [5.74, 6) is -0.614. The Morgan fingerprint density at radius 2 is 2.00 bits per heavy atom. The molecule has 0 radical (unpaired) electrons. The van der Waals surface area contributed by atoms with Crippen LogP contribution < -0.4 is 0 Å². The minimum absolute atomic E-state index is 0.276. The highest BCUT2D eigenvalue weighted by molar-refractivity contribution is 5.40. The van der Waals surface area contributed by atoms with Gasteiger partial charge in [0.25, 0.3) is 0 Å². The summed E-state index contributed by atoms with van der Waals surface area (Å²) in [6.07, 6.45) is 0. The highest BCUT2D eigenvalue weighted by Crippen LogP contribution is 2.24. The summed E-state index contributed by atoms with van der Waals surface area (Å²) in [5.41, 5.74) is 0.357. The second-order valence-corrected chi connectivity index (χ2v) is 2.31. The molecule has 64 valence electrons. The molecule has 2 N–H and O–H groups in total.